The Morgan fingerprint density at radius 1 is 0.964 bits per heavy atom. The van der Waals surface area contributed by atoms with E-state index in [1.807, 2.05) is 42.5 Å². The quantitative estimate of drug-likeness (QED) is 0.800. The van der Waals surface area contributed by atoms with Gasteiger partial charge in [0.2, 0.25) is 11.8 Å². The number of hydrogen-bond donors (Lipinski definition) is 0. The molecule has 146 valence electrons. The van der Waals surface area contributed by atoms with Crippen LogP contribution in [0.25, 0.3) is 0 Å². The van der Waals surface area contributed by atoms with Crippen LogP contribution in [-0.4, -0.2) is 59.1 Å². The van der Waals surface area contributed by atoms with Gasteiger partial charge in [-0.2, -0.15) is 0 Å². The number of amides is 3. The minimum absolute atomic E-state index is 0.0529. The number of piperazine rings is 1. The molecule has 3 amide bonds. The molecule has 2 aromatic rings. The van der Waals surface area contributed by atoms with E-state index in [4.69, 9.17) is 0 Å². The van der Waals surface area contributed by atoms with E-state index in [2.05, 4.69) is 0 Å². The molecule has 0 unspecified atom stereocenters. The lowest BCUT2D eigenvalue weighted by Gasteiger charge is -2.39. The zero-order valence-corrected chi connectivity index (χ0v) is 16.5. The minimum Gasteiger partial charge on any atom is -0.345 e. The zero-order valence-electron chi connectivity index (χ0n) is 16.5. The summed E-state index contributed by atoms with van der Waals surface area (Å²) in [5, 5.41) is 0. The van der Waals surface area contributed by atoms with Gasteiger partial charge in [-0.15, -0.1) is 0 Å². The number of rotatable bonds is 5. The Morgan fingerprint density at radius 2 is 1.57 bits per heavy atom. The highest BCUT2D eigenvalue weighted by atomic mass is 16.2. The third kappa shape index (κ3) is 4.22. The normalized spacial score (nSPS) is 17.0. The van der Waals surface area contributed by atoms with Gasteiger partial charge in [0, 0.05) is 32.7 Å². The number of carbonyl (C=O) groups is 3. The van der Waals surface area contributed by atoms with Gasteiger partial charge in [0.1, 0.15) is 12.6 Å². The van der Waals surface area contributed by atoms with Crippen LogP contribution >= 0.6 is 0 Å². The standard InChI is InChI=1S/C22H25N3O3/c1-16-21(27)24(13-17-7-5-4-6-8-17)15-20(26)25(16)14-18-9-11-19(12-10-18)22(28)23(2)3/h4-12,16H,13-15H2,1-3H3/t16-/m1/s1. The zero-order chi connectivity index (χ0) is 20.3. The molecule has 0 saturated carbocycles. The number of nitrogens with zero attached hydrogens (tertiary/aromatic N) is 3. The summed E-state index contributed by atoms with van der Waals surface area (Å²) < 4.78 is 0. The van der Waals surface area contributed by atoms with E-state index >= 15 is 0 Å². The van der Waals surface area contributed by atoms with Crippen LogP contribution < -0.4 is 0 Å². The van der Waals surface area contributed by atoms with Crippen molar-refractivity contribution >= 4 is 17.7 Å². The van der Waals surface area contributed by atoms with Crippen molar-refractivity contribution in [3.8, 4) is 0 Å². The second-order valence-electron chi connectivity index (χ2n) is 7.27. The van der Waals surface area contributed by atoms with Gasteiger partial charge in [0.05, 0.1) is 0 Å². The first-order valence-corrected chi connectivity index (χ1v) is 9.29. The van der Waals surface area contributed by atoms with E-state index in [-0.39, 0.29) is 24.3 Å². The molecule has 3 rings (SSSR count). The first-order chi connectivity index (χ1) is 13.4. The monoisotopic (exact) mass is 379 g/mol. The van der Waals surface area contributed by atoms with Crippen LogP contribution in [0.1, 0.15) is 28.4 Å². The molecule has 1 aliphatic heterocycles. The fourth-order valence-corrected chi connectivity index (χ4v) is 3.32. The summed E-state index contributed by atoms with van der Waals surface area (Å²) in [5.74, 6) is -0.194. The van der Waals surface area contributed by atoms with E-state index in [0.717, 1.165) is 11.1 Å². The van der Waals surface area contributed by atoms with Gasteiger partial charge in [0.25, 0.3) is 5.91 Å². The first-order valence-electron chi connectivity index (χ1n) is 9.29. The van der Waals surface area contributed by atoms with Gasteiger partial charge in [-0.05, 0) is 30.2 Å². The summed E-state index contributed by atoms with van der Waals surface area (Å²) in [4.78, 5) is 42.2. The SMILES string of the molecule is C[C@@H]1C(=O)N(Cc2ccccc2)CC(=O)N1Cc1ccc(C(=O)N(C)C)cc1. The molecule has 0 N–H and O–H groups in total. The Bertz CT molecular complexity index is 862. The molecule has 1 aliphatic rings. The molecule has 1 fully saturated rings. The number of carbonyl (C=O) groups excluding carboxylic acids is 3. The third-order valence-electron chi connectivity index (χ3n) is 4.96. The molecule has 0 bridgehead atoms. The van der Waals surface area contributed by atoms with Crippen LogP contribution in [0.3, 0.4) is 0 Å². The Labute approximate surface area is 165 Å². The third-order valence-corrected chi connectivity index (χ3v) is 4.96. The number of benzene rings is 2. The second-order valence-corrected chi connectivity index (χ2v) is 7.27. The van der Waals surface area contributed by atoms with Crippen molar-refractivity contribution in [2.45, 2.75) is 26.1 Å². The average Bonchev–Trinajstić information content (AvgIpc) is 2.70. The van der Waals surface area contributed by atoms with Crippen molar-refractivity contribution in [3.05, 3.63) is 71.3 Å². The van der Waals surface area contributed by atoms with Crippen LogP contribution in [0.15, 0.2) is 54.6 Å². The molecule has 28 heavy (non-hydrogen) atoms. The summed E-state index contributed by atoms with van der Waals surface area (Å²) in [5.41, 5.74) is 2.49. The summed E-state index contributed by atoms with van der Waals surface area (Å²) in [7, 11) is 3.41. The van der Waals surface area contributed by atoms with Crippen molar-refractivity contribution in [2.24, 2.45) is 0 Å². The molecule has 0 aliphatic carbocycles. The van der Waals surface area contributed by atoms with Crippen molar-refractivity contribution < 1.29 is 14.4 Å². The van der Waals surface area contributed by atoms with Gasteiger partial charge < -0.3 is 14.7 Å². The molecule has 0 radical (unpaired) electrons. The van der Waals surface area contributed by atoms with Crippen molar-refractivity contribution in [1.82, 2.24) is 14.7 Å². The van der Waals surface area contributed by atoms with E-state index < -0.39 is 6.04 Å². The molecular weight excluding hydrogens is 354 g/mol. The van der Waals surface area contributed by atoms with Gasteiger partial charge in [0.15, 0.2) is 0 Å². The van der Waals surface area contributed by atoms with Crippen molar-refractivity contribution in [3.63, 3.8) is 0 Å². The van der Waals surface area contributed by atoms with Gasteiger partial charge >= 0.3 is 0 Å². The maximum Gasteiger partial charge on any atom is 0.253 e. The Hall–Kier alpha value is -3.15. The van der Waals surface area contributed by atoms with Crippen LogP contribution in [0.4, 0.5) is 0 Å². The molecule has 2 aromatic carbocycles. The predicted octanol–water partition coefficient (Wildman–Crippen LogP) is 2.15. The first kappa shape index (κ1) is 19.6. The average molecular weight is 379 g/mol. The highest BCUT2D eigenvalue weighted by Gasteiger charge is 2.36. The predicted molar refractivity (Wildman–Crippen MR) is 106 cm³/mol. The molecule has 1 heterocycles. The highest BCUT2D eigenvalue weighted by Crippen LogP contribution is 2.19. The Balaban J connectivity index is 1.68. The minimum atomic E-state index is -0.520. The second kappa shape index (κ2) is 8.25. The van der Waals surface area contributed by atoms with E-state index in [1.54, 1.807) is 43.0 Å². The molecular formula is C22H25N3O3. The summed E-state index contributed by atoms with van der Waals surface area (Å²) in [6.07, 6.45) is 0. The smallest absolute Gasteiger partial charge is 0.253 e. The lowest BCUT2D eigenvalue weighted by atomic mass is 10.1. The number of hydrogen-bond acceptors (Lipinski definition) is 3. The van der Waals surface area contributed by atoms with Crippen molar-refractivity contribution in [1.29, 1.82) is 0 Å². The van der Waals surface area contributed by atoms with Gasteiger partial charge in [-0.25, -0.2) is 0 Å². The Morgan fingerprint density at radius 3 is 2.18 bits per heavy atom. The maximum atomic E-state index is 12.8. The van der Waals surface area contributed by atoms with Gasteiger partial charge in [-0.1, -0.05) is 42.5 Å². The van der Waals surface area contributed by atoms with Crippen LogP contribution in [0.5, 0.6) is 0 Å². The molecule has 0 aromatic heterocycles. The van der Waals surface area contributed by atoms with Crippen LogP contribution in [0.2, 0.25) is 0 Å². The molecule has 0 spiro atoms. The summed E-state index contributed by atoms with van der Waals surface area (Å²) >= 11 is 0. The molecule has 1 atom stereocenters. The fraction of sp³-hybridized carbons (Fsp3) is 0.318. The summed E-state index contributed by atoms with van der Waals surface area (Å²) in [6.45, 7) is 2.63. The van der Waals surface area contributed by atoms with E-state index in [9.17, 15) is 14.4 Å². The lowest BCUT2D eigenvalue weighted by Crippen LogP contribution is -2.57. The van der Waals surface area contributed by atoms with E-state index in [0.29, 0.717) is 18.7 Å². The van der Waals surface area contributed by atoms with Gasteiger partial charge in [-0.3, -0.25) is 14.4 Å². The van der Waals surface area contributed by atoms with Crippen LogP contribution in [0, 0.1) is 0 Å². The molecule has 1 saturated heterocycles. The largest absolute Gasteiger partial charge is 0.345 e. The lowest BCUT2D eigenvalue weighted by molar-refractivity contribution is -0.156. The molecule has 6 nitrogen and oxygen atoms in total. The van der Waals surface area contributed by atoms with Crippen LogP contribution in [-0.2, 0) is 22.7 Å². The highest BCUT2D eigenvalue weighted by molar-refractivity contribution is 5.95. The fourth-order valence-electron chi connectivity index (χ4n) is 3.32. The topological polar surface area (TPSA) is 60.9 Å². The van der Waals surface area contributed by atoms with Crippen molar-refractivity contribution in [2.75, 3.05) is 20.6 Å². The summed E-state index contributed by atoms with van der Waals surface area (Å²) in [6, 6.07) is 16.3. The van der Waals surface area contributed by atoms with E-state index in [1.165, 1.54) is 4.90 Å². The Kier molecular flexibility index (Phi) is 5.78. The maximum absolute atomic E-state index is 12.8. The molecule has 6 heteroatoms.